The highest BCUT2D eigenvalue weighted by Gasteiger charge is 2.40. The summed E-state index contributed by atoms with van der Waals surface area (Å²) in [5, 5.41) is 3.25. The van der Waals surface area contributed by atoms with Crippen LogP contribution < -0.4 is 14.4 Å². The summed E-state index contributed by atoms with van der Waals surface area (Å²) in [6.45, 7) is 2.08. The fourth-order valence-electron chi connectivity index (χ4n) is 3.46. The second-order valence-electron chi connectivity index (χ2n) is 7.35. The summed E-state index contributed by atoms with van der Waals surface area (Å²) in [5.74, 6) is -0.0719. The van der Waals surface area contributed by atoms with Gasteiger partial charge in [0, 0.05) is 17.5 Å². The number of anilines is 2. The predicted molar refractivity (Wildman–Crippen MR) is 127 cm³/mol. The van der Waals surface area contributed by atoms with E-state index < -0.39 is 15.8 Å². The van der Waals surface area contributed by atoms with E-state index in [0.717, 1.165) is 11.1 Å². The van der Waals surface area contributed by atoms with Gasteiger partial charge in [0.05, 0.1) is 24.4 Å². The number of sulfonamides is 1. The second kappa shape index (κ2) is 8.68. The summed E-state index contributed by atoms with van der Waals surface area (Å²) in [4.78, 5) is 12.8. The molecule has 0 radical (unpaired) electrons. The average Bonchev–Trinajstić information content (AvgIpc) is 2.78. The molecular formula is C24H21ClN2O4S. The van der Waals surface area contributed by atoms with E-state index in [-0.39, 0.29) is 11.4 Å². The van der Waals surface area contributed by atoms with E-state index in [4.69, 9.17) is 16.3 Å². The van der Waals surface area contributed by atoms with Crippen molar-refractivity contribution in [1.82, 2.24) is 0 Å². The molecule has 4 rings (SSSR count). The quantitative estimate of drug-likeness (QED) is 0.524. The molecule has 0 aromatic heterocycles. The number of ether oxygens (including phenoxy) is 1. The summed E-state index contributed by atoms with van der Waals surface area (Å²) < 4.78 is 33.4. The number of aryl methyl sites for hydroxylation is 1. The molecule has 1 N–H and O–H groups in total. The van der Waals surface area contributed by atoms with Crippen LogP contribution in [0.2, 0.25) is 5.02 Å². The molecule has 3 aromatic carbocycles. The maximum atomic E-state index is 13.5. The van der Waals surface area contributed by atoms with Gasteiger partial charge >= 0.3 is 0 Å². The highest BCUT2D eigenvalue weighted by molar-refractivity contribution is 7.97. The summed E-state index contributed by atoms with van der Waals surface area (Å²) in [6, 6.07) is 19.2. The number of Topliss-reactive ketones (excluding diaryl/α,β-unsaturated/α-hetero) is 1. The summed E-state index contributed by atoms with van der Waals surface area (Å²) >= 11 is 6.15. The zero-order chi connectivity index (χ0) is 22.9. The van der Waals surface area contributed by atoms with Crippen LogP contribution in [0.25, 0.3) is 0 Å². The van der Waals surface area contributed by atoms with Crippen molar-refractivity contribution >= 4 is 38.8 Å². The number of allylic oxidation sites excluding steroid dienone is 1. The molecule has 0 saturated heterocycles. The van der Waals surface area contributed by atoms with E-state index in [0.29, 0.717) is 27.7 Å². The summed E-state index contributed by atoms with van der Waals surface area (Å²) in [6.07, 6.45) is 1.22. The first-order valence-electron chi connectivity index (χ1n) is 9.83. The molecule has 1 heterocycles. The molecule has 0 bridgehead atoms. The largest absolute Gasteiger partial charge is 0.495 e. The third-order valence-electron chi connectivity index (χ3n) is 5.18. The standard InChI is InChI=1S/C24H21ClN2O4S/c1-16-7-9-17(10-8-16)15-27-21-6-4-3-5-19(21)24(28)23(32(27,29)30)14-26-18-11-12-22(31-2)20(25)13-18/h3-14,26H,15H2,1-2H3/b23-14+. The average molecular weight is 469 g/mol. The van der Waals surface area contributed by atoms with Crippen LogP contribution in [0.15, 0.2) is 77.8 Å². The summed E-state index contributed by atoms with van der Waals surface area (Å²) in [5.41, 5.74) is 3.11. The van der Waals surface area contributed by atoms with E-state index in [9.17, 15) is 13.2 Å². The van der Waals surface area contributed by atoms with Gasteiger partial charge in [-0.1, -0.05) is 53.6 Å². The number of fused-ring (bicyclic) bond motifs is 1. The van der Waals surface area contributed by atoms with Gasteiger partial charge in [0.15, 0.2) is 4.91 Å². The number of benzene rings is 3. The Kier molecular flexibility index (Phi) is 5.95. The maximum absolute atomic E-state index is 13.5. The number of ketones is 1. The van der Waals surface area contributed by atoms with E-state index in [1.54, 1.807) is 42.5 Å². The van der Waals surface area contributed by atoms with Crippen LogP contribution in [0.3, 0.4) is 0 Å². The third kappa shape index (κ3) is 4.09. The molecule has 8 heteroatoms. The number of methoxy groups -OCH3 is 1. The highest BCUT2D eigenvalue weighted by Crippen LogP contribution is 2.36. The normalized spacial score (nSPS) is 16.0. The molecule has 164 valence electrons. The number of hydrogen-bond acceptors (Lipinski definition) is 5. The first-order valence-corrected chi connectivity index (χ1v) is 11.7. The van der Waals surface area contributed by atoms with Crippen LogP contribution >= 0.6 is 11.6 Å². The number of nitrogens with zero attached hydrogens (tertiary/aromatic N) is 1. The third-order valence-corrected chi connectivity index (χ3v) is 7.24. The van der Waals surface area contributed by atoms with Gasteiger partial charge in [0.25, 0.3) is 10.0 Å². The van der Waals surface area contributed by atoms with Crippen molar-refractivity contribution in [2.75, 3.05) is 16.7 Å². The SMILES string of the molecule is COc1ccc(N/C=C2\C(=O)c3ccccc3N(Cc3ccc(C)cc3)S2(=O)=O)cc1Cl. The van der Waals surface area contributed by atoms with Crippen LogP contribution in [-0.2, 0) is 16.6 Å². The van der Waals surface area contributed by atoms with Crippen molar-refractivity contribution in [3.05, 3.63) is 99.5 Å². The molecule has 1 aliphatic rings. The van der Waals surface area contributed by atoms with Crippen molar-refractivity contribution in [2.24, 2.45) is 0 Å². The Morgan fingerprint density at radius 2 is 1.78 bits per heavy atom. The Hall–Kier alpha value is -3.29. The van der Waals surface area contributed by atoms with Gasteiger partial charge in [-0.05, 0) is 42.8 Å². The van der Waals surface area contributed by atoms with Crippen molar-refractivity contribution in [2.45, 2.75) is 13.5 Å². The first kappa shape index (κ1) is 21.9. The van der Waals surface area contributed by atoms with Gasteiger partial charge in [-0.15, -0.1) is 0 Å². The number of nitrogens with one attached hydrogen (secondary N) is 1. The number of para-hydroxylation sites is 1. The summed E-state index contributed by atoms with van der Waals surface area (Å²) in [7, 11) is -2.60. The lowest BCUT2D eigenvalue weighted by Gasteiger charge is -2.31. The van der Waals surface area contributed by atoms with Gasteiger partial charge < -0.3 is 10.1 Å². The Bertz CT molecular complexity index is 1320. The molecule has 3 aromatic rings. The fraction of sp³-hybridized carbons (Fsp3) is 0.125. The number of halogens is 1. The Morgan fingerprint density at radius 3 is 2.47 bits per heavy atom. The molecule has 0 saturated carbocycles. The minimum absolute atomic E-state index is 0.110. The topological polar surface area (TPSA) is 75.7 Å². The predicted octanol–water partition coefficient (Wildman–Crippen LogP) is 5.14. The van der Waals surface area contributed by atoms with Crippen molar-refractivity contribution < 1.29 is 17.9 Å². The maximum Gasteiger partial charge on any atom is 0.270 e. The molecule has 0 fully saturated rings. The van der Waals surface area contributed by atoms with E-state index in [2.05, 4.69) is 5.32 Å². The molecular weight excluding hydrogens is 448 g/mol. The zero-order valence-electron chi connectivity index (χ0n) is 17.5. The van der Waals surface area contributed by atoms with Gasteiger partial charge in [-0.25, -0.2) is 8.42 Å². The number of hydrogen-bond donors (Lipinski definition) is 1. The van der Waals surface area contributed by atoms with Crippen molar-refractivity contribution in [3.8, 4) is 5.75 Å². The van der Waals surface area contributed by atoms with Gasteiger partial charge in [-0.2, -0.15) is 0 Å². The lowest BCUT2D eigenvalue weighted by Crippen LogP contribution is -2.39. The second-order valence-corrected chi connectivity index (χ2v) is 9.58. The van der Waals surface area contributed by atoms with Crippen LogP contribution in [-0.4, -0.2) is 21.3 Å². The van der Waals surface area contributed by atoms with Gasteiger partial charge in [-0.3, -0.25) is 9.10 Å². The van der Waals surface area contributed by atoms with Crippen LogP contribution in [0.4, 0.5) is 11.4 Å². The van der Waals surface area contributed by atoms with E-state index in [1.807, 2.05) is 31.2 Å². The number of rotatable bonds is 5. The highest BCUT2D eigenvalue weighted by atomic mass is 35.5. The van der Waals surface area contributed by atoms with E-state index >= 15 is 0 Å². The minimum Gasteiger partial charge on any atom is -0.495 e. The fourth-order valence-corrected chi connectivity index (χ4v) is 5.24. The Labute approximate surface area is 192 Å². The first-order chi connectivity index (χ1) is 15.3. The van der Waals surface area contributed by atoms with E-state index in [1.165, 1.54) is 17.6 Å². The van der Waals surface area contributed by atoms with Crippen molar-refractivity contribution in [3.63, 3.8) is 0 Å². The minimum atomic E-state index is -4.10. The van der Waals surface area contributed by atoms with Gasteiger partial charge in [0.1, 0.15) is 5.75 Å². The molecule has 0 unspecified atom stereocenters. The van der Waals surface area contributed by atoms with Crippen LogP contribution in [0.1, 0.15) is 21.5 Å². The molecule has 0 aliphatic carbocycles. The van der Waals surface area contributed by atoms with Crippen molar-refractivity contribution in [1.29, 1.82) is 0 Å². The lowest BCUT2D eigenvalue weighted by atomic mass is 10.1. The molecule has 6 nitrogen and oxygen atoms in total. The van der Waals surface area contributed by atoms with Crippen LogP contribution in [0, 0.1) is 6.92 Å². The zero-order valence-corrected chi connectivity index (χ0v) is 19.1. The molecule has 0 amide bonds. The Morgan fingerprint density at radius 1 is 1.06 bits per heavy atom. The number of carbonyl (C=O) groups is 1. The molecule has 0 atom stereocenters. The number of carbonyl (C=O) groups excluding carboxylic acids is 1. The Balaban J connectivity index is 1.74. The monoisotopic (exact) mass is 468 g/mol. The van der Waals surface area contributed by atoms with Crippen LogP contribution in [0.5, 0.6) is 5.75 Å². The lowest BCUT2D eigenvalue weighted by molar-refractivity contribution is 0.104. The molecule has 32 heavy (non-hydrogen) atoms. The van der Waals surface area contributed by atoms with Gasteiger partial charge in [0.2, 0.25) is 5.78 Å². The molecule has 1 aliphatic heterocycles. The molecule has 0 spiro atoms. The smallest absolute Gasteiger partial charge is 0.270 e.